The maximum absolute atomic E-state index is 12.2. The number of anilines is 1. The molecule has 124 valence electrons. The largest absolute Gasteiger partial charge is 0.573 e. The molecule has 2 aromatic rings. The third kappa shape index (κ3) is 3.13. The fourth-order valence-electron chi connectivity index (χ4n) is 2.75. The summed E-state index contributed by atoms with van der Waals surface area (Å²) in [5.74, 6) is 0.675. The van der Waals surface area contributed by atoms with Crippen molar-refractivity contribution < 1.29 is 17.9 Å². The molecule has 1 aromatic carbocycles. The quantitative estimate of drug-likeness (QED) is 0.906. The van der Waals surface area contributed by atoms with Gasteiger partial charge in [0.1, 0.15) is 11.6 Å². The second-order valence-corrected chi connectivity index (χ2v) is 6.56. The molecular weight excluding hydrogens is 307 g/mol. The lowest BCUT2D eigenvalue weighted by Crippen LogP contribution is -2.17. The van der Waals surface area contributed by atoms with E-state index in [1.165, 1.54) is 17.7 Å². The summed E-state index contributed by atoms with van der Waals surface area (Å²) in [4.78, 5) is 0. The van der Waals surface area contributed by atoms with Crippen molar-refractivity contribution in [2.24, 2.45) is 0 Å². The van der Waals surface area contributed by atoms with E-state index in [1.54, 1.807) is 16.8 Å². The van der Waals surface area contributed by atoms with Crippen molar-refractivity contribution in [1.82, 2.24) is 9.78 Å². The highest BCUT2D eigenvalue weighted by Gasteiger charge is 2.32. The number of alkyl halides is 3. The summed E-state index contributed by atoms with van der Waals surface area (Å²) in [5.41, 5.74) is 2.78. The van der Waals surface area contributed by atoms with Crippen LogP contribution in [0.1, 0.15) is 32.0 Å². The Labute approximate surface area is 132 Å². The Balaban J connectivity index is 1.97. The molecule has 3 rings (SSSR count). The number of rotatable bonds is 2. The Morgan fingerprint density at radius 1 is 1.13 bits per heavy atom. The summed E-state index contributed by atoms with van der Waals surface area (Å²) in [6.45, 7) is 7.13. The first-order chi connectivity index (χ1) is 10.6. The molecule has 1 aliphatic rings. The number of halogens is 3. The van der Waals surface area contributed by atoms with E-state index in [0.717, 1.165) is 24.5 Å². The molecule has 0 aliphatic carbocycles. The summed E-state index contributed by atoms with van der Waals surface area (Å²) < 4.78 is 42.3. The van der Waals surface area contributed by atoms with Crippen LogP contribution in [-0.2, 0) is 11.8 Å². The van der Waals surface area contributed by atoms with E-state index in [4.69, 9.17) is 0 Å². The third-order valence-corrected chi connectivity index (χ3v) is 3.68. The minimum absolute atomic E-state index is 0.0965. The van der Waals surface area contributed by atoms with Gasteiger partial charge in [-0.15, -0.1) is 13.2 Å². The van der Waals surface area contributed by atoms with Crippen LogP contribution in [-0.4, -0.2) is 22.7 Å². The monoisotopic (exact) mass is 325 g/mol. The Morgan fingerprint density at radius 2 is 1.78 bits per heavy atom. The number of nitrogens with one attached hydrogen (secondary N) is 1. The Bertz CT molecular complexity index is 712. The zero-order valence-corrected chi connectivity index (χ0v) is 13.2. The van der Waals surface area contributed by atoms with Gasteiger partial charge in [-0.3, -0.25) is 0 Å². The van der Waals surface area contributed by atoms with Gasteiger partial charge < -0.3 is 10.1 Å². The minimum Gasteiger partial charge on any atom is -0.406 e. The summed E-state index contributed by atoms with van der Waals surface area (Å²) in [6.07, 6.45) is -3.79. The highest BCUT2D eigenvalue weighted by atomic mass is 19.4. The highest BCUT2D eigenvalue weighted by molar-refractivity contribution is 5.58. The van der Waals surface area contributed by atoms with Crippen molar-refractivity contribution in [2.75, 3.05) is 11.9 Å². The first-order valence-electron chi connectivity index (χ1n) is 7.37. The van der Waals surface area contributed by atoms with Gasteiger partial charge in [-0.2, -0.15) is 5.10 Å². The Morgan fingerprint density at radius 3 is 2.35 bits per heavy atom. The van der Waals surface area contributed by atoms with E-state index in [2.05, 4.69) is 35.9 Å². The molecule has 1 aliphatic heterocycles. The van der Waals surface area contributed by atoms with Crippen LogP contribution in [0.3, 0.4) is 0 Å². The molecule has 4 nitrogen and oxygen atoms in total. The van der Waals surface area contributed by atoms with Crippen molar-refractivity contribution in [2.45, 2.75) is 39.0 Å². The molecule has 0 bridgehead atoms. The van der Waals surface area contributed by atoms with Gasteiger partial charge in [0.15, 0.2) is 0 Å². The average Bonchev–Trinajstić information content (AvgIpc) is 2.98. The molecule has 0 radical (unpaired) electrons. The molecule has 0 atom stereocenters. The number of hydrogen-bond donors (Lipinski definition) is 1. The Kier molecular flexibility index (Phi) is 3.54. The zero-order valence-electron chi connectivity index (χ0n) is 13.2. The summed E-state index contributed by atoms with van der Waals surface area (Å²) in [6, 6.07) is 5.73. The predicted octanol–water partition coefficient (Wildman–Crippen LogP) is 4.04. The molecule has 0 amide bonds. The second-order valence-electron chi connectivity index (χ2n) is 6.56. The molecule has 7 heteroatoms. The zero-order chi connectivity index (χ0) is 16.8. The molecule has 0 fully saturated rings. The molecule has 23 heavy (non-hydrogen) atoms. The molecule has 0 spiro atoms. The fourth-order valence-corrected chi connectivity index (χ4v) is 2.75. The van der Waals surface area contributed by atoms with Crippen LogP contribution >= 0.6 is 0 Å². The van der Waals surface area contributed by atoms with Crippen molar-refractivity contribution in [3.63, 3.8) is 0 Å². The van der Waals surface area contributed by atoms with Crippen LogP contribution in [0, 0.1) is 0 Å². The molecular formula is C16H18F3N3O. The maximum atomic E-state index is 12.2. The lowest BCUT2D eigenvalue weighted by atomic mass is 9.89. The van der Waals surface area contributed by atoms with E-state index in [0.29, 0.717) is 5.69 Å². The molecule has 2 heterocycles. The van der Waals surface area contributed by atoms with E-state index >= 15 is 0 Å². The SMILES string of the molecule is CC(C)(C)c1nn(-c2ccc(OC(F)(F)F)cc2)c2c1CCN2. The van der Waals surface area contributed by atoms with Crippen LogP contribution in [0.5, 0.6) is 5.75 Å². The number of aromatic nitrogens is 2. The molecule has 0 saturated carbocycles. The van der Waals surface area contributed by atoms with Crippen molar-refractivity contribution in [3.05, 3.63) is 35.5 Å². The highest BCUT2D eigenvalue weighted by Crippen LogP contribution is 2.35. The van der Waals surface area contributed by atoms with Crippen LogP contribution in [0.4, 0.5) is 19.0 Å². The normalized spacial score (nSPS) is 14.5. The number of benzene rings is 1. The molecule has 1 N–H and O–H groups in total. The lowest BCUT2D eigenvalue weighted by Gasteiger charge is -2.16. The molecule has 0 unspecified atom stereocenters. The number of hydrogen-bond acceptors (Lipinski definition) is 3. The Hall–Kier alpha value is -2.18. The minimum atomic E-state index is -4.69. The summed E-state index contributed by atoms with van der Waals surface area (Å²) >= 11 is 0. The van der Waals surface area contributed by atoms with Gasteiger partial charge >= 0.3 is 6.36 Å². The second kappa shape index (κ2) is 5.18. The number of ether oxygens (including phenoxy) is 1. The maximum Gasteiger partial charge on any atom is 0.573 e. The van der Waals surface area contributed by atoms with Gasteiger partial charge in [-0.1, -0.05) is 20.8 Å². The van der Waals surface area contributed by atoms with Gasteiger partial charge in [-0.05, 0) is 30.7 Å². The number of nitrogens with zero attached hydrogens (tertiary/aromatic N) is 2. The first kappa shape index (κ1) is 15.7. The van der Waals surface area contributed by atoms with Crippen LogP contribution in [0.2, 0.25) is 0 Å². The van der Waals surface area contributed by atoms with E-state index in [1.807, 2.05) is 0 Å². The van der Waals surface area contributed by atoms with Gasteiger partial charge in [0.05, 0.1) is 11.4 Å². The van der Waals surface area contributed by atoms with Crippen LogP contribution in [0.25, 0.3) is 5.69 Å². The van der Waals surface area contributed by atoms with Crippen LogP contribution in [0.15, 0.2) is 24.3 Å². The van der Waals surface area contributed by atoms with E-state index in [-0.39, 0.29) is 11.2 Å². The van der Waals surface area contributed by atoms with Gasteiger partial charge in [0.25, 0.3) is 0 Å². The van der Waals surface area contributed by atoms with Crippen molar-refractivity contribution in [1.29, 1.82) is 0 Å². The number of fused-ring (bicyclic) bond motifs is 1. The van der Waals surface area contributed by atoms with Gasteiger partial charge in [0, 0.05) is 17.5 Å². The predicted molar refractivity (Wildman–Crippen MR) is 81.1 cm³/mol. The smallest absolute Gasteiger partial charge is 0.406 e. The summed E-state index contributed by atoms with van der Waals surface area (Å²) in [7, 11) is 0. The first-order valence-corrected chi connectivity index (χ1v) is 7.37. The van der Waals surface area contributed by atoms with E-state index in [9.17, 15) is 13.2 Å². The van der Waals surface area contributed by atoms with Crippen molar-refractivity contribution >= 4 is 5.82 Å². The fraction of sp³-hybridized carbons (Fsp3) is 0.438. The summed E-state index contributed by atoms with van der Waals surface area (Å²) in [5, 5.41) is 7.97. The lowest BCUT2D eigenvalue weighted by molar-refractivity contribution is -0.274. The standard InChI is InChI=1S/C16H18F3N3O/c1-15(2,3)13-12-8-9-20-14(12)22(21-13)10-4-6-11(7-5-10)23-16(17,18)19/h4-7,20H,8-9H2,1-3H3. The molecule has 1 aromatic heterocycles. The topological polar surface area (TPSA) is 39.1 Å². The van der Waals surface area contributed by atoms with Crippen LogP contribution < -0.4 is 10.1 Å². The third-order valence-electron chi connectivity index (χ3n) is 3.68. The van der Waals surface area contributed by atoms with E-state index < -0.39 is 6.36 Å². The average molecular weight is 325 g/mol. The van der Waals surface area contributed by atoms with Gasteiger partial charge in [-0.25, -0.2) is 4.68 Å². The molecule has 0 saturated heterocycles. The van der Waals surface area contributed by atoms with Crippen molar-refractivity contribution in [3.8, 4) is 11.4 Å². The van der Waals surface area contributed by atoms with Gasteiger partial charge in [0.2, 0.25) is 0 Å².